The quantitative estimate of drug-likeness (QED) is 0.722. The first-order valence-electron chi connectivity index (χ1n) is 5.80. The standard InChI is InChI=1S/C11H17F2N/c12-11(13)9(7-1-2-7)10(11)8-3-5-14-6-4-8/h7-10,14H,1-6H2. The van der Waals surface area contributed by atoms with E-state index in [1.165, 1.54) is 0 Å². The molecule has 2 atom stereocenters. The summed E-state index contributed by atoms with van der Waals surface area (Å²) in [6.45, 7) is 1.88. The fourth-order valence-corrected chi connectivity index (χ4v) is 3.25. The monoisotopic (exact) mass is 201 g/mol. The Morgan fingerprint density at radius 1 is 0.857 bits per heavy atom. The van der Waals surface area contributed by atoms with Crippen LogP contribution in [0.2, 0.25) is 0 Å². The molecule has 1 heterocycles. The molecule has 3 heteroatoms. The third-order valence-electron chi connectivity index (χ3n) is 4.19. The molecule has 1 N–H and O–H groups in total. The molecule has 14 heavy (non-hydrogen) atoms. The van der Waals surface area contributed by atoms with Crippen molar-refractivity contribution in [1.82, 2.24) is 5.32 Å². The zero-order valence-corrected chi connectivity index (χ0v) is 8.31. The van der Waals surface area contributed by atoms with Gasteiger partial charge in [-0.25, -0.2) is 8.78 Å². The number of hydrogen-bond donors (Lipinski definition) is 1. The molecule has 80 valence electrons. The van der Waals surface area contributed by atoms with Gasteiger partial charge in [0.2, 0.25) is 0 Å². The Labute approximate surface area is 83.3 Å². The first-order chi connectivity index (χ1) is 6.71. The lowest BCUT2D eigenvalue weighted by Gasteiger charge is -2.22. The summed E-state index contributed by atoms with van der Waals surface area (Å²) in [5.74, 6) is -2.10. The van der Waals surface area contributed by atoms with Crippen molar-refractivity contribution < 1.29 is 8.78 Å². The first-order valence-corrected chi connectivity index (χ1v) is 5.80. The molecule has 0 aromatic rings. The van der Waals surface area contributed by atoms with E-state index in [-0.39, 0.29) is 11.8 Å². The normalized spacial score (nSPS) is 42.4. The number of alkyl halides is 2. The molecule has 1 aliphatic heterocycles. The summed E-state index contributed by atoms with van der Waals surface area (Å²) in [6.07, 6.45) is 4.04. The molecular weight excluding hydrogens is 184 g/mol. The fourth-order valence-electron chi connectivity index (χ4n) is 3.25. The summed E-state index contributed by atoms with van der Waals surface area (Å²) in [5.41, 5.74) is 0. The van der Waals surface area contributed by atoms with E-state index in [2.05, 4.69) is 5.32 Å². The zero-order valence-electron chi connectivity index (χ0n) is 8.31. The molecule has 0 radical (unpaired) electrons. The minimum absolute atomic E-state index is 0.231. The van der Waals surface area contributed by atoms with Crippen LogP contribution in [0.15, 0.2) is 0 Å². The van der Waals surface area contributed by atoms with Gasteiger partial charge in [-0.2, -0.15) is 0 Å². The maximum atomic E-state index is 13.5. The molecule has 0 amide bonds. The number of rotatable bonds is 2. The molecule has 1 nitrogen and oxygen atoms in total. The highest BCUT2D eigenvalue weighted by molar-refractivity contribution is 5.13. The SMILES string of the molecule is FC1(F)C(C2CCNCC2)C1C1CC1. The van der Waals surface area contributed by atoms with Gasteiger partial charge in [0.1, 0.15) is 0 Å². The van der Waals surface area contributed by atoms with Gasteiger partial charge in [-0.15, -0.1) is 0 Å². The van der Waals surface area contributed by atoms with Gasteiger partial charge in [-0.05, 0) is 50.6 Å². The highest BCUT2D eigenvalue weighted by Gasteiger charge is 2.73. The van der Waals surface area contributed by atoms with Crippen LogP contribution in [0, 0.1) is 23.7 Å². The van der Waals surface area contributed by atoms with Crippen LogP contribution < -0.4 is 5.32 Å². The first kappa shape index (κ1) is 9.08. The lowest BCUT2D eigenvalue weighted by Crippen LogP contribution is -2.29. The number of halogens is 2. The van der Waals surface area contributed by atoms with Crippen molar-refractivity contribution in [1.29, 1.82) is 0 Å². The van der Waals surface area contributed by atoms with E-state index in [9.17, 15) is 8.78 Å². The van der Waals surface area contributed by atoms with E-state index < -0.39 is 5.92 Å². The van der Waals surface area contributed by atoms with Crippen LogP contribution in [0.25, 0.3) is 0 Å². The molecule has 2 saturated carbocycles. The van der Waals surface area contributed by atoms with Crippen molar-refractivity contribution >= 4 is 0 Å². The topological polar surface area (TPSA) is 12.0 Å². The molecule has 2 aliphatic carbocycles. The maximum absolute atomic E-state index is 13.5. The Kier molecular flexibility index (Phi) is 1.88. The smallest absolute Gasteiger partial charge is 0.255 e. The second-order valence-corrected chi connectivity index (χ2v) is 5.15. The zero-order chi connectivity index (χ0) is 9.76. The summed E-state index contributed by atoms with van der Waals surface area (Å²) in [4.78, 5) is 0. The van der Waals surface area contributed by atoms with Gasteiger partial charge in [0, 0.05) is 11.8 Å². The van der Waals surface area contributed by atoms with Crippen molar-refractivity contribution in [2.75, 3.05) is 13.1 Å². The summed E-state index contributed by atoms with van der Waals surface area (Å²) in [7, 11) is 0. The lowest BCUT2D eigenvalue weighted by atomic mass is 9.91. The third kappa shape index (κ3) is 1.28. The molecule has 3 fully saturated rings. The second-order valence-electron chi connectivity index (χ2n) is 5.15. The Bertz CT molecular complexity index is 231. The van der Waals surface area contributed by atoms with Crippen LogP contribution in [0.1, 0.15) is 25.7 Å². The van der Waals surface area contributed by atoms with Crippen LogP contribution in [0.4, 0.5) is 8.78 Å². The molecule has 3 rings (SSSR count). The van der Waals surface area contributed by atoms with Crippen molar-refractivity contribution in [3.63, 3.8) is 0 Å². The fraction of sp³-hybridized carbons (Fsp3) is 1.00. The van der Waals surface area contributed by atoms with Gasteiger partial charge in [0.15, 0.2) is 0 Å². The number of piperidine rings is 1. The van der Waals surface area contributed by atoms with Crippen molar-refractivity contribution in [2.24, 2.45) is 23.7 Å². The van der Waals surface area contributed by atoms with Gasteiger partial charge >= 0.3 is 0 Å². The largest absolute Gasteiger partial charge is 0.317 e. The van der Waals surface area contributed by atoms with E-state index >= 15 is 0 Å². The van der Waals surface area contributed by atoms with E-state index in [1.807, 2.05) is 0 Å². The Balaban J connectivity index is 1.67. The van der Waals surface area contributed by atoms with Gasteiger partial charge in [0.25, 0.3) is 5.92 Å². The van der Waals surface area contributed by atoms with Crippen molar-refractivity contribution in [3.8, 4) is 0 Å². The molecule has 3 aliphatic rings. The van der Waals surface area contributed by atoms with E-state index in [4.69, 9.17) is 0 Å². The minimum Gasteiger partial charge on any atom is -0.317 e. The number of hydrogen-bond acceptors (Lipinski definition) is 1. The molecule has 0 bridgehead atoms. The Morgan fingerprint density at radius 3 is 1.86 bits per heavy atom. The maximum Gasteiger partial charge on any atom is 0.255 e. The molecule has 0 spiro atoms. The van der Waals surface area contributed by atoms with E-state index in [1.54, 1.807) is 0 Å². The van der Waals surface area contributed by atoms with Gasteiger partial charge in [-0.1, -0.05) is 0 Å². The van der Waals surface area contributed by atoms with Gasteiger partial charge < -0.3 is 5.32 Å². The van der Waals surface area contributed by atoms with Crippen LogP contribution >= 0.6 is 0 Å². The van der Waals surface area contributed by atoms with Gasteiger partial charge in [-0.3, -0.25) is 0 Å². The predicted molar refractivity (Wildman–Crippen MR) is 50.2 cm³/mol. The average molecular weight is 201 g/mol. The molecule has 1 saturated heterocycles. The van der Waals surface area contributed by atoms with Crippen LogP contribution in [0.5, 0.6) is 0 Å². The Hall–Kier alpha value is -0.180. The second kappa shape index (κ2) is 2.91. The summed E-state index contributed by atoms with van der Waals surface area (Å²) >= 11 is 0. The highest BCUT2D eigenvalue weighted by Crippen LogP contribution is 2.68. The minimum atomic E-state index is -2.30. The molecular formula is C11H17F2N. The predicted octanol–water partition coefficient (Wildman–Crippen LogP) is 2.28. The molecule has 0 aromatic carbocycles. The highest BCUT2D eigenvalue weighted by atomic mass is 19.3. The molecule has 2 unspecified atom stereocenters. The number of nitrogens with one attached hydrogen (secondary N) is 1. The average Bonchev–Trinajstić information content (AvgIpc) is 3.03. The third-order valence-corrected chi connectivity index (χ3v) is 4.19. The van der Waals surface area contributed by atoms with Crippen molar-refractivity contribution in [2.45, 2.75) is 31.6 Å². The van der Waals surface area contributed by atoms with E-state index in [0.29, 0.717) is 11.8 Å². The van der Waals surface area contributed by atoms with E-state index in [0.717, 1.165) is 38.8 Å². The molecule has 0 aromatic heterocycles. The summed E-state index contributed by atoms with van der Waals surface area (Å²) < 4.78 is 27.0. The summed E-state index contributed by atoms with van der Waals surface area (Å²) in [6, 6.07) is 0. The lowest BCUT2D eigenvalue weighted by molar-refractivity contribution is 0.0675. The van der Waals surface area contributed by atoms with Gasteiger partial charge in [0.05, 0.1) is 0 Å². The Morgan fingerprint density at radius 2 is 1.36 bits per heavy atom. The summed E-state index contributed by atoms with van der Waals surface area (Å²) in [5, 5.41) is 3.24. The van der Waals surface area contributed by atoms with Crippen molar-refractivity contribution in [3.05, 3.63) is 0 Å². The van der Waals surface area contributed by atoms with Crippen LogP contribution in [-0.4, -0.2) is 19.0 Å². The van der Waals surface area contributed by atoms with Crippen LogP contribution in [0.3, 0.4) is 0 Å². The van der Waals surface area contributed by atoms with Crippen LogP contribution in [-0.2, 0) is 0 Å².